The first-order valence-electron chi connectivity index (χ1n) is 8.16. The number of carbonyl (C=O) groups is 2. The Labute approximate surface area is 145 Å². The lowest BCUT2D eigenvalue weighted by molar-refractivity contribution is -0.143. The standard InChI is InChI=1S/C18H21N3O4/c1-2-25-17(23)9-6-12-19-18(24)15-10-11-16(22)21(20-15)13-14-7-4-3-5-8-14/h3-5,7-8,10-11H,2,6,9,12-13H2,1H3,(H,19,24). The van der Waals surface area contributed by atoms with Crippen LogP contribution < -0.4 is 10.9 Å². The fourth-order valence-corrected chi connectivity index (χ4v) is 2.20. The van der Waals surface area contributed by atoms with Gasteiger partial charge in [0.2, 0.25) is 0 Å². The average Bonchev–Trinajstić information content (AvgIpc) is 2.61. The molecule has 1 aromatic carbocycles. The molecule has 0 bridgehead atoms. The third-order valence-electron chi connectivity index (χ3n) is 3.42. The molecule has 0 unspecified atom stereocenters. The number of ether oxygens (including phenoxy) is 1. The largest absolute Gasteiger partial charge is 0.466 e. The van der Waals surface area contributed by atoms with Gasteiger partial charge in [-0.1, -0.05) is 30.3 Å². The van der Waals surface area contributed by atoms with E-state index in [0.29, 0.717) is 26.1 Å². The molecule has 2 rings (SSSR count). The summed E-state index contributed by atoms with van der Waals surface area (Å²) < 4.78 is 6.07. The molecule has 0 aliphatic carbocycles. The minimum absolute atomic E-state index is 0.159. The number of carbonyl (C=O) groups excluding carboxylic acids is 2. The Morgan fingerprint density at radius 2 is 1.92 bits per heavy atom. The Morgan fingerprint density at radius 1 is 1.16 bits per heavy atom. The van der Waals surface area contributed by atoms with Crippen LogP contribution in [-0.2, 0) is 16.1 Å². The fraction of sp³-hybridized carbons (Fsp3) is 0.333. The van der Waals surface area contributed by atoms with E-state index in [9.17, 15) is 14.4 Å². The maximum atomic E-state index is 12.1. The topological polar surface area (TPSA) is 90.3 Å². The Bertz CT molecular complexity index is 771. The summed E-state index contributed by atoms with van der Waals surface area (Å²) in [6, 6.07) is 12.1. The van der Waals surface area contributed by atoms with Crippen LogP contribution in [0.5, 0.6) is 0 Å². The van der Waals surface area contributed by atoms with Gasteiger partial charge >= 0.3 is 5.97 Å². The Balaban J connectivity index is 1.93. The van der Waals surface area contributed by atoms with Gasteiger partial charge in [0.1, 0.15) is 5.69 Å². The molecule has 0 saturated carbocycles. The molecular formula is C18H21N3O4. The Kier molecular flexibility index (Phi) is 6.88. The number of amides is 1. The van der Waals surface area contributed by atoms with Gasteiger partial charge < -0.3 is 10.1 Å². The second-order valence-corrected chi connectivity index (χ2v) is 5.36. The molecular weight excluding hydrogens is 322 g/mol. The molecule has 7 nitrogen and oxygen atoms in total. The van der Waals surface area contributed by atoms with Crippen LogP contribution in [0.1, 0.15) is 35.8 Å². The Morgan fingerprint density at radius 3 is 2.64 bits per heavy atom. The van der Waals surface area contributed by atoms with Crippen LogP contribution >= 0.6 is 0 Å². The lowest BCUT2D eigenvalue weighted by atomic mass is 10.2. The zero-order valence-corrected chi connectivity index (χ0v) is 14.1. The van der Waals surface area contributed by atoms with Crippen molar-refractivity contribution in [2.75, 3.05) is 13.2 Å². The molecule has 1 N–H and O–H groups in total. The van der Waals surface area contributed by atoms with Crippen LogP contribution in [0.15, 0.2) is 47.3 Å². The first-order chi connectivity index (χ1) is 12.1. The number of hydrogen-bond acceptors (Lipinski definition) is 5. The van der Waals surface area contributed by atoms with E-state index in [4.69, 9.17) is 4.74 Å². The molecule has 1 amide bonds. The highest BCUT2D eigenvalue weighted by atomic mass is 16.5. The highest BCUT2D eigenvalue weighted by Crippen LogP contribution is 2.00. The zero-order valence-electron chi connectivity index (χ0n) is 14.1. The lowest BCUT2D eigenvalue weighted by Gasteiger charge is -2.08. The molecule has 7 heteroatoms. The molecule has 1 heterocycles. The quantitative estimate of drug-likeness (QED) is 0.577. The van der Waals surface area contributed by atoms with Crippen LogP contribution in [0.2, 0.25) is 0 Å². The van der Waals surface area contributed by atoms with Crippen LogP contribution in [0.4, 0.5) is 0 Å². The molecule has 0 aliphatic rings. The summed E-state index contributed by atoms with van der Waals surface area (Å²) in [7, 11) is 0. The smallest absolute Gasteiger partial charge is 0.305 e. The van der Waals surface area contributed by atoms with Gasteiger partial charge in [0.25, 0.3) is 11.5 Å². The van der Waals surface area contributed by atoms with E-state index in [0.717, 1.165) is 5.56 Å². The monoisotopic (exact) mass is 343 g/mol. The number of esters is 1. The normalized spacial score (nSPS) is 10.3. The summed E-state index contributed by atoms with van der Waals surface area (Å²) in [4.78, 5) is 35.3. The van der Waals surface area contributed by atoms with Gasteiger partial charge in [-0.15, -0.1) is 0 Å². The van der Waals surface area contributed by atoms with Gasteiger partial charge in [0, 0.05) is 19.0 Å². The van der Waals surface area contributed by atoms with Crippen molar-refractivity contribution in [3.05, 3.63) is 64.1 Å². The van der Waals surface area contributed by atoms with E-state index in [1.165, 1.54) is 16.8 Å². The number of nitrogens with one attached hydrogen (secondary N) is 1. The molecule has 0 aliphatic heterocycles. The van der Waals surface area contributed by atoms with Crippen molar-refractivity contribution in [1.29, 1.82) is 0 Å². The molecule has 0 fully saturated rings. The van der Waals surface area contributed by atoms with Crippen LogP contribution in [0.3, 0.4) is 0 Å². The van der Waals surface area contributed by atoms with Crippen LogP contribution in [0.25, 0.3) is 0 Å². The Hall–Kier alpha value is -2.96. The molecule has 132 valence electrons. The molecule has 0 saturated heterocycles. The minimum atomic E-state index is -0.384. The summed E-state index contributed by atoms with van der Waals surface area (Å²) in [6.45, 7) is 2.72. The first-order valence-corrected chi connectivity index (χ1v) is 8.16. The van der Waals surface area contributed by atoms with Gasteiger partial charge in [-0.05, 0) is 25.0 Å². The number of nitrogens with zero attached hydrogens (tertiary/aromatic N) is 2. The molecule has 25 heavy (non-hydrogen) atoms. The fourth-order valence-electron chi connectivity index (χ4n) is 2.20. The highest BCUT2D eigenvalue weighted by Gasteiger charge is 2.10. The second kappa shape index (κ2) is 9.36. The second-order valence-electron chi connectivity index (χ2n) is 5.36. The summed E-state index contributed by atoms with van der Waals surface area (Å²) >= 11 is 0. The molecule has 0 atom stereocenters. The van der Waals surface area contributed by atoms with Crippen molar-refractivity contribution in [1.82, 2.24) is 15.1 Å². The van der Waals surface area contributed by atoms with Gasteiger partial charge in [-0.3, -0.25) is 14.4 Å². The zero-order chi connectivity index (χ0) is 18.1. The SMILES string of the molecule is CCOC(=O)CCCNC(=O)c1ccc(=O)n(Cc2ccccc2)n1. The predicted molar refractivity (Wildman–Crippen MR) is 92.2 cm³/mol. The molecule has 1 aromatic heterocycles. The van der Waals surface area contributed by atoms with Crippen LogP contribution in [0, 0.1) is 0 Å². The first kappa shape index (κ1) is 18.4. The van der Waals surface area contributed by atoms with E-state index in [2.05, 4.69) is 10.4 Å². The summed E-state index contributed by atoms with van der Waals surface area (Å²) in [5.74, 6) is -0.669. The van der Waals surface area contributed by atoms with Gasteiger partial charge in [0.15, 0.2) is 0 Å². The average molecular weight is 343 g/mol. The number of rotatable bonds is 8. The van der Waals surface area contributed by atoms with Gasteiger partial charge in [-0.25, -0.2) is 4.68 Å². The van der Waals surface area contributed by atoms with E-state index < -0.39 is 0 Å². The van der Waals surface area contributed by atoms with E-state index in [-0.39, 0.29) is 29.6 Å². The van der Waals surface area contributed by atoms with Crippen molar-refractivity contribution >= 4 is 11.9 Å². The summed E-state index contributed by atoms with van der Waals surface area (Å²) in [5, 5.41) is 6.79. The third kappa shape index (κ3) is 5.87. The number of aromatic nitrogens is 2. The molecule has 2 aromatic rings. The van der Waals surface area contributed by atoms with E-state index in [1.807, 2.05) is 30.3 Å². The lowest BCUT2D eigenvalue weighted by Crippen LogP contribution is -2.30. The molecule has 0 radical (unpaired) electrons. The number of hydrogen-bond donors (Lipinski definition) is 1. The van der Waals surface area contributed by atoms with Crippen molar-refractivity contribution in [2.24, 2.45) is 0 Å². The van der Waals surface area contributed by atoms with Crippen molar-refractivity contribution < 1.29 is 14.3 Å². The van der Waals surface area contributed by atoms with E-state index in [1.54, 1.807) is 6.92 Å². The third-order valence-corrected chi connectivity index (χ3v) is 3.42. The maximum absolute atomic E-state index is 12.1. The van der Waals surface area contributed by atoms with Gasteiger partial charge in [-0.2, -0.15) is 5.10 Å². The molecule has 0 spiro atoms. The van der Waals surface area contributed by atoms with Crippen LogP contribution in [-0.4, -0.2) is 34.8 Å². The highest BCUT2D eigenvalue weighted by molar-refractivity contribution is 5.91. The van der Waals surface area contributed by atoms with Gasteiger partial charge in [0.05, 0.1) is 13.2 Å². The van der Waals surface area contributed by atoms with Crippen molar-refractivity contribution in [3.8, 4) is 0 Å². The van der Waals surface area contributed by atoms with Crippen molar-refractivity contribution in [3.63, 3.8) is 0 Å². The maximum Gasteiger partial charge on any atom is 0.305 e. The van der Waals surface area contributed by atoms with Crippen molar-refractivity contribution in [2.45, 2.75) is 26.3 Å². The summed E-state index contributed by atoms with van der Waals surface area (Å²) in [6.07, 6.45) is 0.725. The minimum Gasteiger partial charge on any atom is -0.466 e. The predicted octanol–water partition coefficient (Wildman–Crippen LogP) is 1.36. The van der Waals surface area contributed by atoms with E-state index >= 15 is 0 Å². The summed E-state index contributed by atoms with van der Waals surface area (Å²) in [5.41, 5.74) is 0.804. The number of benzene rings is 1.